The molecule has 1 aromatic rings. The lowest BCUT2D eigenvalue weighted by Gasteiger charge is -2.29. The quantitative estimate of drug-likeness (QED) is 0.891. The second-order valence-electron chi connectivity index (χ2n) is 5.80. The smallest absolute Gasteiger partial charge is 0.229 e. The van der Waals surface area contributed by atoms with Crippen LogP contribution in [0.4, 0.5) is 5.69 Å². The summed E-state index contributed by atoms with van der Waals surface area (Å²) < 4.78 is 24.8. The summed E-state index contributed by atoms with van der Waals surface area (Å²) in [4.78, 5) is 0. The third-order valence-electron chi connectivity index (χ3n) is 4.16. The minimum atomic E-state index is -3.18. The van der Waals surface area contributed by atoms with Crippen molar-refractivity contribution < 1.29 is 8.42 Å². The van der Waals surface area contributed by atoms with Crippen LogP contribution in [0.25, 0.3) is 0 Å². The fourth-order valence-electron chi connectivity index (χ4n) is 3.37. The van der Waals surface area contributed by atoms with E-state index in [0.29, 0.717) is 23.7 Å². The van der Waals surface area contributed by atoms with Crippen LogP contribution in [0.15, 0.2) is 24.3 Å². The lowest BCUT2D eigenvalue weighted by Crippen LogP contribution is -2.37. The van der Waals surface area contributed by atoms with E-state index in [4.69, 9.17) is 0 Å². The fraction of sp³-hybridized carbons (Fsp3) is 0.571. The van der Waals surface area contributed by atoms with Crippen LogP contribution < -0.4 is 10.0 Å². The lowest BCUT2D eigenvalue weighted by molar-refractivity contribution is 0.363. The molecular weight excluding hydrogens is 260 g/mol. The molecule has 0 radical (unpaired) electrons. The first-order valence-electron chi connectivity index (χ1n) is 6.83. The summed E-state index contributed by atoms with van der Waals surface area (Å²) in [6, 6.07) is 9.20. The molecule has 0 spiro atoms. The number of benzene rings is 1. The molecule has 3 rings (SSSR count). The van der Waals surface area contributed by atoms with Gasteiger partial charge in [0.15, 0.2) is 0 Å². The number of sulfonamides is 1. The predicted octanol–water partition coefficient (Wildman–Crippen LogP) is 2.06. The van der Waals surface area contributed by atoms with Gasteiger partial charge >= 0.3 is 0 Å². The van der Waals surface area contributed by atoms with Gasteiger partial charge in [-0.05, 0) is 49.3 Å². The van der Waals surface area contributed by atoms with Gasteiger partial charge in [-0.3, -0.25) is 4.72 Å². The molecule has 5 heteroatoms. The van der Waals surface area contributed by atoms with Gasteiger partial charge in [0.05, 0.1) is 6.26 Å². The topological polar surface area (TPSA) is 58.2 Å². The van der Waals surface area contributed by atoms with Crippen molar-refractivity contribution in [3.05, 3.63) is 29.8 Å². The first-order valence-corrected chi connectivity index (χ1v) is 8.72. The van der Waals surface area contributed by atoms with Gasteiger partial charge in [-0.25, -0.2) is 8.42 Å². The maximum Gasteiger partial charge on any atom is 0.229 e. The average molecular weight is 280 g/mol. The van der Waals surface area contributed by atoms with Gasteiger partial charge in [0, 0.05) is 17.8 Å². The highest BCUT2D eigenvalue weighted by atomic mass is 32.2. The van der Waals surface area contributed by atoms with Gasteiger partial charge in [-0.15, -0.1) is 0 Å². The average Bonchev–Trinajstić information content (AvgIpc) is 2.67. The van der Waals surface area contributed by atoms with Crippen molar-refractivity contribution in [2.75, 3.05) is 11.0 Å². The predicted molar refractivity (Wildman–Crippen MR) is 76.8 cm³/mol. The first-order chi connectivity index (χ1) is 8.99. The Balaban J connectivity index is 1.72. The molecule has 1 aromatic carbocycles. The van der Waals surface area contributed by atoms with E-state index < -0.39 is 10.0 Å². The number of anilines is 1. The van der Waals surface area contributed by atoms with Crippen LogP contribution in [-0.2, 0) is 10.0 Å². The van der Waals surface area contributed by atoms with Gasteiger partial charge in [-0.1, -0.05) is 12.1 Å². The van der Waals surface area contributed by atoms with Gasteiger partial charge in [0.25, 0.3) is 0 Å². The van der Waals surface area contributed by atoms with E-state index in [9.17, 15) is 8.42 Å². The largest absolute Gasteiger partial charge is 0.311 e. The SMILES string of the molecule is CS(=O)(=O)Nc1ccc(C2CC3CCC(C2)N3)cc1. The van der Waals surface area contributed by atoms with E-state index in [1.54, 1.807) is 0 Å². The Morgan fingerprint density at radius 3 is 2.21 bits per heavy atom. The molecule has 0 saturated carbocycles. The fourth-order valence-corrected chi connectivity index (χ4v) is 3.93. The van der Waals surface area contributed by atoms with Gasteiger partial charge in [0.1, 0.15) is 0 Å². The van der Waals surface area contributed by atoms with E-state index in [-0.39, 0.29) is 0 Å². The van der Waals surface area contributed by atoms with Crippen LogP contribution >= 0.6 is 0 Å². The van der Waals surface area contributed by atoms with E-state index in [1.807, 2.05) is 12.1 Å². The molecule has 2 N–H and O–H groups in total. The van der Waals surface area contributed by atoms with Crippen molar-refractivity contribution in [2.45, 2.75) is 43.7 Å². The van der Waals surface area contributed by atoms with Crippen LogP contribution in [0.1, 0.15) is 37.2 Å². The summed E-state index contributed by atoms with van der Waals surface area (Å²) in [5.41, 5.74) is 1.97. The zero-order valence-corrected chi connectivity index (χ0v) is 11.9. The van der Waals surface area contributed by atoms with Crippen molar-refractivity contribution in [2.24, 2.45) is 0 Å². The highest BCUT2D eigenvalue weighted by molar-refractivity contribution is 7.92. The summed E-state index contributed by atoms with van der Waals surface area (Å²) in [5.74, 6) is 0.617. The van der Waals surface area contributed by atoms with Crippen LogP contribution in [0, 0.1) is 0 Å². The summed E-state index contributed by atoms with van der Waals surface area (Å²) >= 11 is 0. The number of nitrogens with one attached hydrogen (secondary N) is 2. The van der Waals surface area contributed by atoms with E-state index in [1.165, 1.54) is 37.5 Å². The third kappa shape index (κ3) is 3.09. The highest BCUT2D eigenvalue weighted by Gasteiger charge is 2.33. The van der Waals surface area contributed by atoms with E-state index in [2.05, 4.69) is 22.2 Å². The Labute approximate surface area is 114 Å². The molecule has 4 nitrogen and oxygen atoms in total. The Hall–Kier alpha value is -1.07. The van der Waals surface area contributed by atoms with Crippen LogP contribution in [0.3, 0.4) is 0 Å². The monoisotopic (exact) mass is 280 g/mol. The van der Waals surface area contributed by atoms with Crippen molar-refractivity contribution in [3.8, 4) is 0 Å². The lowest BCUT2D eigenvalue weighted by atomic mass is 9.86. The van der Waals surface area contributed by atoms with Crippen molar-refractivity contribution >= 4 is 15.7 Å². The molecule has 0 aliphatic carbocycles. The summed E-state index contributed by atoms with van der Waals surface area (Å²) in [5, 5.41) is 3.64. The molecule has 2 bridgehead atoms. The summed E-state index contributed by atoms with van der Waals surface area (Å²) in [6.45, 7) is 0. The van der Waals surface area contributed by atoms with Crippen LogP contribution in [-0.4, -0.2) is 26.8 Å². The second-order valence-corrected chi connectivity index (χ2v) is 7.55. The van der Waals surface area contributed by atoms with Crippen molar-refractivity contribution in [3.63, 3.8) is 0 Å². The molecule has 2 atom stereocenters. The van der Waals surface area contributed by atoms with Crippen LogP contribution in [0.5, 0.6) is 0 Å². The molecule has 104 valence electrons. The molecule has 2 saturated heterocycles. The van der Waals surface area contributed by atoms with Crippen LogP contribution in [0.2, 0.25) is 0 Å². The normalized spacial score (nSPS) is 30.3. The number of hydrogen-bond donors (Lipinski definition) is 2. The Morgan fingerprint density at radius 2 is 1.68 bits per heavy atom. The molecule has 19 heavy (non-hydrogen) atoms. The Kier molecular flexibility index (Phi) is 3.27. The van der Waals surface area contributed by atoms with Gasteiger partial charge < -0.3 is 5.32 Å². The Morgan fingerprint density at radius 1 is 1.11 bits per heavy atom. The number of fused-ring (bicyclic) bond motifs is 2. The minimum absolute atomic E-state index is 0.617. The molecule has 2 heterocycles. The second kappa shape index (κ2) is 4.80. The molecule has 0 aromatic heterocycles. The van der Waals surface area contributed by atoms with Gasteiger partial charge in [-0.2, -0.15) is 0 Å². The van der Waals surface area contributed by atoms with E-state index >= 15 is 0 Å². The van der Waals surface area contributed by atoms with Crippen molar-refractivity contribution in [1.29, 1.82) is 0 Å². The van der Waals surface area contributed by atoms with E-state index in [0.717, 1.165) is 0 Å². The maximum atomic E-state index is 11.2. The molecule has 2 aliphatic rings. The molecule has 2 unspecified atom stereocenters. The first kappa shape index (κ1) is 12.9. The number of hydrogen-bond acceptors (Lipinski definition) is 3. The molecule has 0 amide bonds. The summed E-state index contributed by atoms with van der Waals surface area (Å²) in [6.07, 6.45) is 6.18. The zero-order chi connectivity index (χ0) is 13.5. The zero-order valence-electron chi connectivity index (χ0n) is 11.1. The third-order valence-corrected chi connectivity index (χ3v) is 4.76. The minimum Gasteiger partial charge on any atom is -0.311 e. The molecule has 2 aliphatic heterocycles. The summed E-state index contributed by atoms with van der Waals surface area (Å²) in [7, 11) is -3.18. The standard InChI is InChI=1S/C14H20N2O2S/c1-19(17,18)16-12-4-2-10(3-5-12)11-8-13-6-7-14(9-11)15-13/h2-5,11,13-16H,6-9H2,1H3. The number of rotatable bonds is 3. The molecular formula is C14H20N2O2S. The van der Waals surface area contributed by atoms with Gasteiger partial charge in [0.2, 0.25) is 10.0 Å². The van der Waals surface area contributed by atoms with Crippen molar-refractivity contribution in [1.82, 2.24) is 5.32 Å². The number of piperidine rings is 1. The highest BCUT2D eigenvalue weighted by Crippen LogP contribution is 2.37. The maximum absolute atomic E-state index is 11.2. The Bertz CT molecular complexity index is 541. The molecule has 2 fully saturated rings.